The quantitative estimate of drug-likeness (QED) is 0.872. The van der Waals surface area contributed by atoms with Crippen LogP contribution in [0.15, 0.2) is 24.3 Å². The van der Waals surface area contributed by atoms with Crippen LogP contribution >= 0.6 is 12.4 Å². The SMILES string of the molecule is CC(CC(=O)NC1CNCCC1C)Cc1cccc(F)c1.Cl. The number of nitrogens with one attached hydrogen (secondary N) is 2. The van der Waals surface area contributed by atoms with Crippen LogP contribution in [-0.4, -0.2) is 25.0 Å². The van der Waals surface area contributed by atoms with Crippen LogP contribution in [0.25, 0.3) is 0 Å². The second-order valence-corrected chi connectivity index (χ2v) is 6.29. The smallest absolute Gasteiger partial charge is 0.220 e. The van der Waals surface area contributed by atoms with Gasteiger partial charge in [0.2, 0.25) is 5.91 Å². The lowest BCUT2D eigenvalue weighted by Gasteiger charge is -2.30. The highest BCUT2D eigenvalue weighted by atomic mass is 35.5. The van der Waals surface area contributed by atoms with E-state index in [-0.39, 0.29) is 36.1 Å². The summed E-state index contributed by atoms with van der Waals surface area (Å²) in [6.45, 7) is 6.10. The van der Waals surface area contributed by atoms with Crippen molar-refractivity contribution in [2.24, 2.45) is 11.8 Å². The third-order valence-electron chi connectivity index (χ3n) is 4.18. The fourth-order valence-electron chi connectivity index (χ4n) is 2.90. The molecule has 1 saturated heterocycles. The Balaban J connectivity index is 0.00000242. The van der Waals surface area contributed by atoms with Gasteiger partial charge in [0.1, 0.15) is 5.82 Å². The van der Waals surface area contributed by atoms with Gasteiger partial charge < -0.3 is 10.6 Å². The largest absolute Gasteiger partial charge is 0.352 e. The van der Waals surface area contributed by atoms with Gasteiger partial charge in [0.15, 0.2) is 0 Å². The number of amides is 1. The molecule has 2 N–H and O–H groups in total. The highest BCUT2D eigenvalue weighted by Crippen LogP contribution is 2.15. The van der Waals surface area contributed by atoms with Gasteiger partial charge in [-0.15, -0.1) is 12.4 Å². The maximum Gasteiger partial charge on any atom is 0.220 e. The van der Waals surface area contributed by atoms with Crippen molar-refractivity contribution >= 4 is 18.3 Å². The molecule has 1 aromatic carbocycles. The Morgan fingerprint density at radius 3 is 2.95 bits per heavy atom. The summed E-state index contributed by atoms with van der Waals surface area (Å²) in [6.07, 6.45) is 2.31. The zero-order valence-corrected chi connectivity index (χ0v) is 14.1. The van der Waals surface area contributed by atoms with E-state index in [1.54, 1.807) is 12.1 Å². The van der Waals surface area contributed by atoms with Gasteiger partial charge in [-0.25, -0.2) is 4.39 Å². The van der Waals surface area contributed by atoms with E-state index in [2.05, 4.69) is 17.6 Å². The van der Waals surface area contributed by atoms with Crippen molar-refractivity contribution in [1.82, 2.24) is 10.6 Å². The van der Waals surface area contributed by atoms with Crippen LogP contribution in [0, 0.1) is 17.7 Å². The molecule has 1 amide bonds. The van der Waals surface area contributed by atoms with Crippen molar-refractivity contribution in [3.8, 4) is 0 Å². The predicted molar refractivity (Wildman–Crippen MR) is 89.7 cm³/mol. The molecule has 1 heterocycles. The Labute approximate surface area is 138 Å². The van der Waals surface area contributed by atoms with Gasteiger partial charge in [-0.2, -0.15) is 0 Å². The summed E-state index contributed by atoms with van der Waals surface area (Å²) in [5.74, 6) is 0.609. The van der Waals surface area contributed by atoms with Gasteiger partial charge in [0.25, 0.3) is 0 Å². The molecule has 1 fully saturated rings. The van der Waals surface area contributed by atoms with Crippen LogP contribution in [0.5, 0.6) is 0 Å². The van der Waals surface area contributed by atoms with Crippen LogP contribution in [0.3, 0.4) is 0 Å². The average molecular weight is 329 g/mol. The molecule has 5 heteroatoms. The zero-order chi connectivity index (χ0) is 15.2. The second-order valence-electron chi connectivity index (χ2n) is 6.29. The minimum Gasteiger partial charge on any atom is -0.352 e. The van der Waals surface area contributed by atoms with Gasteiger partial charge in [-0.1, -0.05) is 26.0 Å². The summed E-state index contributed by atoms with van der Waals surface area (Å²) >= 11 is 0. The summed E-state index contributed by atoms with van der Waals surface area (Å²) in [5, 5.41) is 6.43. The first-order chi connectivity index (χ1) is 10.0. The van der Waals surface area contributed by atoms with Crippen LogP contribution in [0.4, 0.5) is 4.39 Å². The monoisotopic (exact) mass is 328 g/mol. The fourth-order valence-corrected chi connectivity index (χ4v) is 2.90. The second kappa shape index (κ2) is 9.11. The van der Waals surface area contributed by atoms with E-state index >= 15 is 0 Å². The molecular weight excluding hydrogens is 303 g/mol. The highest BCUT2D eigenvalue weighted by Gasteiger charge is 2.23. The Kier molecular flexibility index (Phi) is 7.83. The molecule has 0 saturated carbocycles. The Morgan fingerprint density at radius 1 is 1.50 bits per heavy atom. The molecule has 3 atom stereocenters. The molecule has 1 aliphatic heterocycles. The lowest BCUT2D eigenvalue weighted by atomic mass is 9.93. The van der Waals surface area contributed by atoms with Gasteiger partial charge >= 0.3 is 0 Å². The third kappa shape index (κ3) is 5.93. The molecule has 3 unspecified atom stereocenters. The molecule has 0 bridgehead atoms. The molecule has 3 nitrogen and oxygen atoms in total. The van der Waals surface area contributed by atoms with E-state index in [0.717, 1.165) is 31.5 Å². The molecule has 0 aromatic heterocycles. The van der Waals surface area contributed by atoms with Crippen molar-refractivity contribution in [3.05, 3.63) is 35.6 Å². The molecule has 0 spiro atoms. The van der Waals surface area contributed by atoms with Crippen LogP contribution < -0.4 is 10.6 Å². The number of halogens is 2. The maximum atomic E-state index is 13.1. The topological polar surface area (TPSA) is 41.1 Å². The maximum absolute atomic E-state index is 13.1. The van der Waals surface area contributed by atoms with Crippen molar-refractivity contribution in [1.29, 1.82) is 0 Å². The summed E-state index contributed by atoms with van der Waals surface area (Å²) in [6, 6.07) is 6.84. The first-order valence-electron chi connectivity index (χ1n) is 7.79. The fraction of sp³-hybridized carbons (Fsp3) is 0.588. The van der Waals surface area contributed by atoms with E-state index in [0.29, 0.717) is 12.3 Å². The van der Waals surface area contributed by atoms with Crippen molar-refractivity contribution < 1.29 is 9.18 Å². The standard InChI is InChI=1S/C17H25FN2O.ClH/c1-12(8-14-4-3-5-15(18)10-14)9-17(21)20-16-11-19-7-6-13(16)2;/h3-5,10,12-13,16,19H,6-9,11H2,1-2H3,(H,20,21);1H. The molecule has 2 rings (SSSR count). The third-order valence-corrected chi connectivity index (χ3v) is 4.18. The summed E-state index contributed by atoms with van der Waals surface area (Å²) in [7, 11) is 0. The lowest BCUT2D eigenvalue weighted by molar-refractivity contribution is -0.123. The van der Waals surface area contributed by atoms with Crippen LogP contribution in [-0.2, 0) is 11.2 Å². The van der Waals surface area contributed by atoms with Gasteiger partial charge in [0.05, 0.1) is 0 Å². The number of carbonyl (C=O) groups excluding carboxylic acids is 1. The summed E-state index contributed by atoms with van der Waals surface area (Å²) in [4.78, 5) is 12.1. The summed E-state index contributed by atoms with van der Waals surface area (Å²) in [5.41, 5.74) is 0.947. The molecule has 0 aliphatic carbocycles. The summed E-state index contributed by atoms with van der Waals surface area (Å²) < 4.78 is 13.1. The number of carbonyl (C=O) groups is 1. The molecule has 124 valence electrons. The predicted octanol–water partition coefficient (Wildman–Crippen LogP) is 2.93. The zero-order valence-electron chi connectivity index (χ0n) is 13.3. The van der Waals surface area contributed by atoms with Crippen molar-refractivity contribution in [2.75, 3.05) is 13.1 Å². The number of hydrogen-bond donors (Lipinski definition) is 2. The first-order valence-corrected chi connectivity index (χ1v) is 7.79. The highest BCUT2D eigenvalue weighted by molar-refractivity contribution is 5.85. The van der Waals surface area contributed by atoms with Crippen LogP contribution in [0.2, 0.25) is 0 Å². The van der Waals surface area contributed by atoms with Crippen molar-refractivity contribution in [2.45, 2.75) is 39.2 Å². The van der Waals surface area contributed by atoms with Gasteiger partial charge in [-0.3, -0.25) is 4.79 Å². The van der Waals surface area contributed by atoms with E-state index in [1.165, 1.54) is 6.07 Å². The van der Waals surface area contributed by atoms with Gasteiger partial charge in [0, 0.05) is 19.0 Å². The normalized spacial score (nSPS) is 22.5. The Hall–Kier alpha value is -1.13. The number of rotatable bonds is 5. The van der Waals surface area contributed by atoms with Crippen molar-refractivity contribution in [3.63, 3.8) is 0 Å². The van der Waals surface area contributed by atoms with Gasteiger partial charge in [-0.05, 0) is 48.9 Å². The van der Waals surface area contributed by atoms with Crippen LogP contribution in [0.1, 0.15) is 32.3 Å². The first kappa shape index (κ1) is 18.9. The molecule has 1 aromatic rings. The Bertz CT molecular complexity index is 483. The Morgan fingerprint density at radius 2 is 2.27 bits per heavy atom. The minimum atomic E-state index is -0.216. The minimum absolute atomic E-state index is 0. The lowest BCUT2D eigenvalue weighted by Crippen LogP contribution is -2.50. The molecule has 22 heavy (non-hydrogen) atoms. The number of hydrogen-bond acceptors (Lipinski definition) is 2. The van der Waals surface area contributed by atoms with E-state index in [1.807, 2.05) is 13.0 Å². The van der Waals surface area contributed by atoms with E-state index in [9.17, 15) is 9.18 Å². The molecule has 1 aliphatic rings. The number of benzene rings is 1. The molecular formula is C17H26ClFN2O. The van der Waals surface area contributed by atoms with E-state index < -0.39 is 0 Å². The number of piperidine rings is 1. The van der Waals surface area contributed by atoms with E-state index in [4.69, 9.17) is 0 Å². The average Bonchev–Trinajstić information content (AvgIpc) is 2.41. The molecule has 0 radical (unpaired) electrons.